The van der Waals surface area contributed by atoms with Crippen LogP contribution in [0, 0.1) is 0 Å². The van der Waals surface area contributed by atoms with Crippen LogP contribution in [-0.2, 0) is 11.3 Å². The average molecular weight is 411 g/mol. The van der Waals surface area contributed by atoms with Gasteiger partial charge in [0.2, 0.25) is 0 Å². The van der Waals surface area contributed by atoms with Crippen molar-refractivity contribution >= 4 is 23.2 Å². The third-order valence-electron chi connectivity index (χ3n) is 4.86. The summed E-state index contributed by atoms with van der Waals surface area (Å²) >= 11 is 1.34. The largest absolute Gasteiger partial charge is 0.378 e. The molecule has 2 aliphatic heterocycles. The van der Waals surface area contributed by atoms with Crippen LogP contribution < -0.4 is 0 Å². The number of aromatic nitrogens is 3. The van der Waals surface area contributed by atoms with E-state index in [2.05, 4.69) is 10.3 Å². The van der Waals surface area contributed by atoms with E-state index in [1.165, 1.54) is 27.1 Å². The molecule has 0 spiro atoms. The smallest absolute Gasteiger partial charge is 0.276 e. The molecule has 150 valence electrons. The van der Waals surface area contributed by atoms with Crippen LogP contribution in [0.2, 0.25) is 0 Å². The van der Waals surface area contributed by atoms with Gasteiger partial charge in [0.05, 0.1) is 44.1 Å². The number of carbonyl (C=O) groups excluding carboxylic acids is 2. The van der Waals surface area contributed by atoms with Gasteiger partial charge in [-0.1, -0.05) is 5.21 Å². The molecule has 0 aliphatic carbocycles. The summed E-state index contributed by atoms with van der Waals surface area (Å²) in [6.45, 7) is 1.32. The van der Waals surface area contributed by atoms with Crippen molar-refractivity contribution < 1.29 is 23.1 Å². The first-order chi connectivity index (χ1) is 13.4. The van der Waals surface area contributed by atoms with E-state index in [4.69, 9.17) is 4.74 Å². The van der Waals surface area contributed by atoms with Gasteiger partial charge in [0.15, 0.2) is 5.69 Å². The molecule has 2 saturated heterocycles. The predicted molar refractivity (Wildman–Crippen MR) is 95.5 cm³/mol. The Bertz CT molecular complexity index is 851. The number of nitrogens with zero attached hydrogens (tertiary/aromatic N) is 5. The molecule has 2 amide bonds. The highest BCUT2D eigenvalue weighted by atomic mass is 32.1. The minimum absolute atomic E-state index is 0.0505. The number of thiophene rings is 1. The zero-order chi connectivity index (χ0) is 19.7. The van der Waals surface area contributed by atoms with Gasteiger partial charge in [-0.3, -0.25) is 9.59 Å². The normalized spacial score (nSPS) is 21.9. The summed E-state index contributed by atoms with van der Waals surface area (Å²) in [6, 6.07) is 0.894. The molecule has 2 aromatic rings. The van der Waals surface area contributed by atoms with Crippen molar-refractivity contribution in [1.82, 2.24) is 24.8 Å². The van der Waals surface area contributed by atoms with Gasteiger partial charge in [-0.05, 0) is 11.4 Å². The fourth-order valence-electron chi connectivity index (χ4n) is 3.48. The Morgan fingerprint density at radius 3 is 2.79 bits per heavy atom. The van der Waals surface area contributed by atoms with Gasteiger partial charge < -0.3 is 14.5 Å². The maximum atomic E-state index is 14.0. The molecule has 1 atom stereocenters. The van der Waals surface area contributed by atoms with Crippen molar-refractivity contribution in [3.05, 3.63) is 34.3 Å². The van der Waals surface area contributed by atoms with Gasteiger partial charge >= 0.3 is 0 Å². The Morgan fingerprint density at radius 2 is 2.07 bits per heavy atom. The highest BCUT2D eigenvalue weighted by Crippen LogP contribution is 2.34. The molecule has 2 aromatic heterocycles. The summed E-state index contributed by atoms with van der Waals surface area (Å²) in [5.74, 6) is -3.64. The van der Waals surface area contributed by atoms with E-state index in [0.717, 1.165) is 0 Å². The number of hydrogen-bond acceptors (Lipinski definition) is 6. The summed E-state index contributed by atoms with van der Waals surface area (Å²) < 4.78 is 34.6. The highest BCUT2D eigenvalue weighted by molar-refractivity contribution is 7.08. The SMILES string of the molecule is O=C(c1cn(CC2CC(F)(F)CN2C(=O)c2ccsc2)nn1)N1CCOCC1. The average Bonchev–Trinajstić information content (AvgIpc) is 3.42. The maximum Gasteiger partial charge on any atom is 0.276 e. The molecule has 11 heteroatoms. The number of rotatable bonds is 4. The second kappa shape index (κ2) is 7.55. The first-order valence-corrected chi connectivity index (χ1v) is 9.85. The lowest BCUT2D eigenvalue weighted by molar-refractivity contribution is 0.0117. The quantitative estimate of drug-likeness (QED) is 0.759. The third kappa shape index (κ3) is 3.90. The highest BCUT2D eigenvalue weighted by Gasteiger charge is 2.47. The minimum atomic E-state index is -2.95. The molecule has 0 N–H and O–H groups in total. The van der Waals surface area contributed by atoms with E-state index >= 15 is 0 Å². The van der Waals surface area contributed by atoms with Gasteiger partial charge in [0.1, 0.15) is 0 Å². The molecule has 0 saturated carbocycles. The Balaban J connectivity index is 1.47. The standard InChI is InChI=1S/C17H19F2N5O3S/c18-17(19)7-13(24(11-17)15(25)12-1-6-28-10-12)8-23-9-14(20-21-23)16(26)22-2-4-27-5-3-22/h1,6,9-10,13H,2-5,7-8,11H2. The Kier molecular flexibility index (Phi) is 5.11. The van der Waals surface area contributed by atoms with Gasteiger partial charge in [-0.15, -0.1) is 5.10 Å². The lowest BCUT2D eigenvalue weighted by atomic mass is 10.2. The molecule has 2 fully saturated rings. The third-order valence-corrected chi connectivity index (χ3v) is 5.54. The van der Waals surface area contributed by atoms with Crippen LogP contribution in [-0.4, -0.2) is 81.4 Å². The summed E-state index contributed by atoms with van der Waals surface area (Å²) in [5, 5.41) is 11.2. The molecule has 4 rings (SSSR count). The van der Waals surface area contributed by atoms with E-state index in [0.29, 0.717) is 31.9 Å². The Labute approximate surface area is 163 Å². The summed E-state index contributed by atoms with van der Waals surface area (Å²) in [6.07, 6.45) is 0.997. The van der Waals surface area contributed by atoms with E-state index in [9.17, 15) is 18.4 Å². The lowest BCUT2D eigenvalue weighted by Crippen LogP contribution is -2.40. The molecular formula is C17H19F2N5O3S. The fraction of sp³-hybridized carbons (Fsp3) is 0.529. The zero-order valence-electron chi connectivity index (χ0n) is 15.0. The summed E-state index contributed by atoms with van der Waals surface area (Å²) in [5.41, 5.74) is 0.553. The van der Waals surface area contributed by atoms with Crippen LogP contribution in [0.3, 0.4) is 0 Å². The second-order valence-electron chi connectivity index (χ2n) is 6.89. The summed E-state index contributed by atoms with van der Waals surface area (Å²) in [4.78, 5) is 27.9. The van der Waals surface area contributed by atoms with Crippen LogP contribution in [0.15, 0.2) is 23.0 Å². The Morgan fingerprint density at radius 1 is 1.29 bits per heavy atom. The first kappa shape index (κ1) is 18.9. The topological polar surface area (TPSA) is 80.6 Å². The minimum Gasteiger partial charge on any atom is -0.378 e. The zero-order valence-corrected chi connectivity index (χ0v) is 15.8. The molecular weight excluding hydrogens is 392 g/mol. The molecule has 1 unspecified atom stereocenters. The monoisotopic (exact) mass is 411 g/mol. The molecule has 0 bridgehead atoms. The van der Waals surface area contributed by atoms with Crippen molar-refractivity contribution in [3.8, 4) is 0 Å². The van der Waals surface area contributed by atoms with Crippen LogP contribution in [0.1, 0.15) is 27.3 Å². The van der Waals surface area contributed by atoms with E-state index in [-0.39, 0.29) is 18.1 Å². The number of carbonyl (C=O) groups is 2. The number of alkyl halides is 2. The van der Waals surface area contributed by atoms with Crippen molar-refractivity contribution in [1.29, 1.82) is 0 Å². The number of likely N-dealkylation sites (tertiary alicyclic amines) is 1. The Hall–Kier alpha value is -2.40. The number of morpholine rings is 1. The number of halogens is 2. The van der Waals surface area contributed by atoms with E-state index in [1.54, 1.807) is 21.7 Å². The van der Waals surface area contributed by atoms with Gasteiger partial charge in [0, 0.05) is 24.9 Å². The van der Waals surface area contributed by atoms with Crippen LogP contribution >= 0.6 is 11.3 Å². The first-order valence-electron chi connectivity index (χ1n) is 8.91. The molecule has 4 heterocycles. The van der Waals surface area contributed by atoms with Gasteiger partial charge in [0.25, 0.3) is 17.7 Å². The molecule has 2 aliphatic rings. The number of amides is 2. The number of hydrogen-bond donors (Lipinski definition) is 0. The summed E-state index contributed by atoms with van der Waals surface area (Å²) in [7, 11) is 0. The van der Waals surface area contributed by atoms with Crippen molar-refractivity contribution in [2.24, 2.45) is 0 Å². The lowest BCUT2D eigenvalue weighted by Gasteiger charge is -2.25. The van der Waals surface area contributed by atoms with Crippen LogP contribution in [0.4, 0.5) is 8.78 Å². The molecule has 0 aromatic carbocycles. The van der Waals surface area contributed by atoms with Crippen molar-refractivity contribution in [2.75, 3.05) is 32.8 Å². The van der Waals surface area contributed by atoms with E-state index in [1.807, 2.05) is 0 Å². The van der Waals surface area contributed by atoms with Crippen LogP contribution in [0.25, 0.3) is 0 Å². The van der Waals surface area contributed by atoms with Crippen molar-refractivity contribution in [2.45, 2.75) is 24.9 Å². The number of ether oxygens (including phenoxy) is 1. The van der Waals surface area contributed by atoms with Gasteiger partial charge in [-0.25, -0.2) is 13.5 Å². The van der Waals surface area contributed by atoms with E-state index < -0.39 is 30.8 Å². The fourth-order valence-corrected chi connectivity index (χ4v) is 4.11. The molecule has 28 heavy (non-hydrogen) atoms. The predicted octanol–water partition coefficient (Wildman–Crippen LogP) is 1.36. The van der Waals surface area contributed by atoms with Crippen LogP contribution in [0.5, 0.6) is 0 Å². The molecule has 8 nitrogen and oxygen atoms in total. The second-order valence-corrected chi connectivity index (χ2v) is 7.67. The van der Waals surface area contributed by atoms with Gasteiger partial charge in [-0.2, -0.15) is 11.3 Å². The maximum absolute atomic E-state index is 14.0. The molecule has 0 radical (unpaired) electrons. The van der Waals surface area contributed by atoms with Crippen molar-refractivity contribution in [3.63, 3.8) is 0 Å².